The molecule has 2 saturated heterocycles. The third kappa shape index (κ3) is 4.14. The first kappa shape index (κ1) is 23.0. The van der Waals surface area contributed by atoms with Gasteiger partial charge in [-0.3, -0.25) is 19.2 Å². The van der Waals surface area contributed by atoms with Crippen LogP contribution in [0.25, 0.3) is 5.76 Å². The van der Waals surface area contributed by atoms with E-state index in [2.05, 4.69) is 10.00 Å². The predicted octanol–water partition coefficient (Wildman–Crippen LogP) is 1.80. The molecule has 0 saturated carbocycles. The van der Waals surface area contributed by atoms with E-state index in [4.69, 9.17) is 9.47 Å². The lowest BCUT2D eigenvalue weighted by Crippen LogP contribution is -2.42. The maximum atomic E-state index is 13.3. The molecule has 1 N–H and O–H groups in total. The number of carbonyl (C=O) groups excluding carboxylic acids is 2. The first-order valence-electron chi connectivity index (χ1n) is 11.1. The largest absolute Gasteiger partial charge is 0.507 e. The van der Waals surface area contributed by atoms with Crippen LogP contribution in [0, 0.1) is 13.8 Å². The number of ketones is 1. The molecule has 1 atom stereocenters. The number of aliphatic hydroxyl groups excluding tert-OH is 1. The number of morpholine rings is 1. The van der Waals surface area contributed by atoms with Gasteiger partial charge in [0.05, 0.1) is 43.2 Å². The summed E-state index contributed by atoms with van der Waals surface area (Å²) in [6, 6.07) is 6.52. The number of methoxy groups -OCH3 is 1. The van der Waals surface area contributed by atoms with Gasteiger partial charge in [-0.1, -0.05) is 18.2 Å². The van der Waals surface area contributed by atoms with E-state index in [0.29, 0.717) is 54.6 Å². The number of ether oxygens (including phenoxy) is 2. The van der Waals surface area contributed by atoms with Gasteiger partial charge in [0, 0.05) is 44.5 Å². The second-order valence-corrected chi connectivity index (χ2v) is 8.36. The number of para-hydroxylation sites is 1. The number of carbonyl (C=O) groups is 2. The first-order valence-corrected chi connectivity index (χ1v) is 11.1. The number of likely N-dealkylation sites (tertiary alicyclic amines) is 1. The fourth-order valence-corrected chi connectivity index (χ4v) is 4.65. The van der Waals surface area contributed by atoms with Gasteiger partial charge in [-0.25, -0.2) is 0 Å². The molecule has 0 aliphatic carbocycles. The monoisotopic (exact) mass is 454 g/mol. The minimum atomic E-state index is -0.763. The molecular weight excluding hydrogens is 424 g/mol. The number of hydrogen-bond acceptors (Lipinski definition) is 7. The van der Waals surface area contributed by atoms with Gasteiger partial charge < -0.3 is 19.5 Å². The topological polar surface area (TPSA) is 97.1 Å². The number of aliphatic hydroxyl groups is 1. The van der Waals surface area contributed by atoms with E-state index in [0.717, 1.165) is 13.1 Å². The highest BCUT2D eigenvalue weighted by Crippen LogP contribution is 2.43. The maximum Gasteiger partial charge on any atom is 0.295 e. The third-order valence-electron chi connectivity index (χ3n) is 6.48. The molecule has 3 heterocycles. The minimum Gasteiger partial charge on any atom is -0.507 e. The molecule has 0 radical (unpaired) electrons. The number of aryl methyl sites for hydroxylation is 2. The van der Waals surface area contributed by atoms with Crippen LogP contribution in [0.1, 0.15) is 28.6 Å². The summed E-state index contributed by atoms with van der Waals surface area (Å²) in [4.78, 5) is 30.2. The standard InChI is InChI=1S/C24H30N4O5/c1-15-19(16(2)26(3)25-15)22(29)20-21(17-7-5-6-8-18(17)32-4)28(24(31)23(20)30)10-9-27-11-13-33-14-12-27/h5-8,21,29H,9-14H2,1-4H3/b22-20+. The lowest BCUT2D eigenvalue weighted by molar-refractivity contribution is -0.140. The average Bonchev–Trinajstić information content (AvgIpc) is 3.23. The third-order valence-corrected chi connectivity index (χ3v) is 6.48. The van der Waals surface area contributed by atoms with E-state index in [1.807, 2.05) is 25.1 Å². The number of amides is 1. The van der Waals surface area contributed by atoms with Crippen molar-refractivity contribution in [2.24, 2.45) is 7.05 Å². The Morgan fingerprint density at radius 1 is 1.18 bits per heavy atom. The van der Waals surface area contributed by atoms with Crippen LogP contribution in [0.2, 0.25) is 0 Å². The van der Waals surface area contributed by atoms with Gasteiger partial charge in [0.2, 0.25) is 0 Å². The van der Waals surface area contributed by atoms with Crippen LogP contribution in [-0.4, -0.2) is 82.9 Å². The van der Waals surface area contributed by atoms with Crippen molar-refractivity contribution in [2.75, 3.05) is 46.5 Å². The normalized spacial score (nSPS) is 21.1. The van der Waals surface area contributed by atoms with Gasteiger partial charge in [0.25, 0.3) is 11.7 Å². The second kappa shape index (κ2) is 9.36. The molecule has 33 heavy (non-hydrogen) atoms. The molecule has 1 aromatic carbocycles. The van der Waals surface area contributed by atoms with Crippen LogP contribution >= 0.6 is 0 Å². The minimum absolute atomic E-state index is 0.0608. The fourth-order valence-electron chi connectivity index (χ4n) is 4.65. The van der Waals surface area contributed by atoms with E-state index in [9.17, 15) is 14.7 Å². The molecule has 2 aliphatic heterocycles. The van der Waals surface area contributed by atoms with Gasteiger partial charge in [0.15, 0.2) is 0 Å². The zero-order valence-electron chi connectivity index (χ0n) is 19.5. The summed E-state index contributed by atoms with van der Waals surface area (Å²) in [7, 11) is 3.33. The SMILES string of the molecule is COc1ccccc1C1/C(=C(\O)c2c(C)nn(C)c2C)C(=O)C(=O)N1CCN1CCOCC1. The number of aromatic nitrogens is 2. The molecule has 2 fully saturated rings. The van der Waals surface area contributed by atoms with Crippen molar-refractivity contribution in [2.45, 2.75) is 19.9 Å². The molecule has 2 aromatic rings. The summed E-state index contributed by atoms with van der Waals surface area (Å²) in [5.74, 6) is -0.986. The van der Waals surface area contributed by atoms with E-state index in [1.165, 1.54) is 0 Å². The Hall–Kier alpha value is -3.17. The van der Waals surface area contributed by atoms with Gasteiger partial charge in [-0.2, -0.15) is 5.10 Å². The van der Waals surface area contributed by atoms with Crippen LogP contribution in [-0.2, 0) is 21.4 Å². The fraction of sp³-hybridized carbons (Fsp3) is 0.458. The number of nitrogens with zero attached hydrogens (tertiary/aromatic N) is 4. The van der Waals surface area contributed by atoms with Crippen LogP contribution in [0.15, 0.2) is 29.8 Å². The van der Waals surface area contributed by atoms with Gasteiger partial charge in [-0.15, -0.1) is 0 Å². The van der Waals surface area contributed by atoms with Gasteiger partial charge in [0.1, 0.15) is 11.5 Å². The average molecular weight is 455 g/mol. The zero-order valence-corrected chi connectivity index (χ0v) is 19.5. The van der Waals surface area contributed by atoms with Crippen molar-refractivity contribution in [1.29, 1.82) is 0 Å². The van der Waals surface area contributed by atoms with Crippen LogP contribution in [0.3, 0.4) is 0 Å². The highest BCUT2D eigenvalue weighted by atomic mass is 16.5. The maximum absolute atomic E-state index is 13.3. The van der Waals surface area contributed by atoms with Crippen molar-refractivity contribution in [3.63, 3.8) is 0 Å². The molecule has 0 spiro atoms. The Bertz CT molecular complexity index is 1100. The molecule has 176 valence electrons. The summed E-state index contributed by atoms with van der Waals surface area (Å²) in [6.45, 7) is 7.38. The van der Waals surface area contributed by atoms with E-state index < -0.39 is 17.7 Å². The van der Waals surface area contributed by atoms with Crippen molar-refractivity contribution in [1.82, 2.24) is 19.6 Å². The van der Waals surface area contributed by atoms with Crippen molar-refractivity contribution in [3.8, 4) is 5.75 Å². The summed E-state index contributed by atoms with van der Waals surface area (Å²) < 4.78 is 12.6. The summed E-state index contributed by atoms with van der Waals surface area (Å²) in [6.07, 6.45) is 0. The summed E-state index contributed by atoms with van der Waals surface area (Å²) in [5, 5.41) is 15.7. The highest BCUT2D eigenvalue weighted by Gasteiger charge is 2.47. The summed E-state index contributed by atoms with van der Waals surface area (Å²) in [5.41, 5.74) is 2.49. The molecule has 9 heteroatoms. The van der Waals surface area contributed by atoms with Gasteiger partial charge in [-0.05, 0) is 19.9 Å². The zero-order chi connectivity index (χ0) is 23.7. The Morgan fingerprint density at radius 3 is 2.52 bits per heavy atom. The van der Waals surface area contributed by atoms with E-state index in [1.54, 1.807) is 36.7 Å². The first-order chi connectivity index (χ1) is 15.8. The number of rotatable bonds is 6. The molecule has 4 rings (SSSR count). The lowest BCUT2D eigenvalue weighted by Gasteiger charge is -2.31. The number of benzene rings is 1. The smallest absolute Gasteiger partial charge is 0.295 e. The van der Waals surface area contributed by atoms with E-state index in [-0.39, 0.29) is 11.3 Å². The Balaban J connectivity index is 1.82. The summed E-state index contributed by atoms with van der Waals surface area (Å²) >= 11 is 0. The Labute approximate surface area is 193 Å². The molecule has 0 bridgehead atoms. The van der Waals surface area contributed by atoms with Crippen LogP contribution in [0.5, 0.6) is 5.75 Å². The lowest BCUT2D eigenvalue weighted by atomic mass is 9.94. The second-order valence-electron chi connectivity index (χ2n) is 8.36. The quantitative estimate of drug-likeness (QED) is 0.404. The Morgan fingerprint density at radius 2 is 1.88 bits per heavy atom. The Kier molecular flexibility index (Phi) is 6.53. The van der Waals surface area contributed by atoms with Crippen LogP contribution in [0.4, 0.5) is 0 Å². The molecular formula is C24H30N4O5. The molecule has 1 amide bonds. The molecule has 1 unspecified atom stereocenters. The molecule has 1 aromatic heterocycles. The number of Topliss-reactive ketones (excluding diaryl/α,β-unsaturated/α-hetero) is 1. The number of hydrogen-bond donors (Lipinski definition) is 1. The molecule has 9 nitrogen and oxygen atoms in total. The van der Waals surface area contributed by atoms with Crippen molar-refractivity contribution < 1.29 is 24.2 Å². The van der Waals surface area contributed by atoms with Crippen molar-refractivity contribution in [3.05, 3.63) is 52.4 Å². The predicted molar refractivity (Wildman–Crippen MR) is 122 cm³/mol. The van der Waals surface area contributed by atoms with Crippen molar-refractivity contribution >= 4 is 17.4 Å². The molecule has 2 aliphatic rings. The van der Waals surface area contributed by atoms with E-state index >= 15 is 0 Å². The van der Waals surface area contributed by atoms with Crippen LogP contribution < -0.4 is 4.74 Å². The highest BCUT2D eigenvalue weighted by molar-refractivity contribution is 6.46. The van der Waals surface area contributed by atoms with Gasteiger partial charge >= 0.3 is 0 Å².